The third-order valence-electron chi connectivity index (χ3n) is 7.34. The Kier molecular flexibility index (Phi) is 6.08. The fourth-order valence-electron chi connectivity index (χ4n) is 5.97. The summed E-state index contributed by atoms with van der Waals surface area (Å²) >= 11 is 7.59. The van der Waals surface area contributed by atoms with Crippen LogP contribution >= 0.6 is 23.4 Å². The number of likely N-dealkylation sites (tertiary alicyclic amines) is 1. The van der Waals surface area contributed by atoms with Crippen molar-refractivity contribution in [3.8, 4) is 0 Å². The first kappa shape index (κ1) is 23.2. The summed E-state index contributed by atoms with van der Waals surface area (Å²) < 4.78 is -0.725. The van der Waals surface area contributed by atoms with Gasteiger partial charge in [0.05, 0.1) is 29.2 Å². The Morgan fingerprint density at radius 2 is 1.88 bits per heavy atom. The number of amides is 3. The molecule has 3 fully saturated rings. The summed E-state index contributed by atoms with van der Waals surface area (Å²) in [5.41, 5.74) is 1.32. The molecular formula is C25H26ClN3O4S. The Balaban J connectivity index is 1.58. The number of aliphatic hydroxyl groups is 1. The van der Waals surface area contributed by atoms with Crippen LogP contribution in [0.3, 0.4) is 0 Å². The molecule has 3 aliphatic heterocycles. The molecule has 2 aromatic rings. The number of thioether (sulfide) groups is 1. The summed E-state index contributed by atoms with van der Waals surface area (Å²) in [6.45, 7) is -0.331. The van der Waals surface area contributed by atoms with Crippen molar-refractivity contribution < 1.29 is 19.5 Å². The number of carbonyl (C=O) groups is 3. The molecule has 0 radical (unpaired) electrons. The topological polar surface area (TPSA) is 98.7 Å². The number of hydrogen-bond acceptors (Lipinski definition) is 5. The Morgan fingerprint density at radius 3 is 2.53 bits per heavy atom. The van der Waals surface area contributed by atoms with Crippen molar-refractivity contribution in [2.24, 2.45) is 11.8 Å². The van der Waals surface area contributed by atoms with Gasteiger partial charge in [-0.05, 0) is 42.7 Å². The summed E-state index contributed by atoms with van der Waals surface area (Å²) in [5.74, 6) is -1.85. The van der Waals surface area contributed by atoms with Gasteiger partial charge in [0, 0.05) is 23.0 Å². The van der Waals surface area contributed by atoms with Crippen LogP contribution in [0.5, 0.6) is 0 Å². The van der Waals surface area contributed by atoms with Crippen LogP contribution in [0.2, 0.25) is 5.02 Å². The number of fused-ring (bicyclic) bond motifs is 1. The molecule has 7 nitrogen and oxygen atoms in total. The van der Waals surface area contributed by atoms with Crippen molar-refractivity contribution in [1.82, 2.24) is 10.2 Å². The number of nitrogens with one attached hydrogen (secondary N) is 2. The molecular weight excluding hydrogens is 474 g/mol. The maximum atomic E-state index is 14.0. The Morgan fingerprint density at radius 1 is 1.18 bits per heavy atom. The number of rotatable bonds is 6. The molecule has 5 rings (SSSR count). The lowest BCUT2D eigenvalue weighted by molar-refractivity contribution is -0.142. The summed E-state index contributed by atoms with van der Waals surface area (Å²) in [5, 5.41) is 16.6. The second-order valence-electron chi connectivity index (χ2n) is 9.02. The number of halogens is 1. The first-order valence-corrected chi connectivity index (χ1v) is 12.6. The smallest absolute Gasteiger partial charge is 0.248 e. The number of aliphatic hydroxyl groups excluding tert-OH is 1. The van der Waals surface area contributed by atoms with Gasteiger partial charge in [0.1, 0.15) is 6.04 Å². The zero-order valence-corrected chi connectivity index (χ0v) is 20.2. The van der Waals surface area contributed by atoms with E-state index in [1.54, 1.807) is 43.1 Å². The molecule has 0 aromatic heterocycles. The minimum atomic E-state index is -0.831. The van der Waals surface area contributed by atoms with Crippen LogP contribution in [0.4, 0.5) is 5.69 Å². The number of nitrogens with zero attached hydrogens (tertiary/aromatic N) is 1. The van der Waals surface area contributed by atoms with E-state index < -0.39 is 28.7 Å². The van der Waals surface area contributed by atoms with Crippen LogP contribution in [0.1, 0.15) is 24.4 Å². The molecule has 3 N–H and O–H groups in total. The standard InChI is InChI=1S/C25H26ClN3O4S/c1-27-22(31)19-18-11-12-25(34-18)20(19)24(33)29(17(13-30)14-5-3-2-4-6-14)21(25)23(32)28-16-9-7-15(26)8-10-16/h2-10,17-21,30H,11-13H2,1H3,(H,27,31)(H,28,32)/t17-,18-,19+,20+,21?,25?/m1/s1. The Labute approximate surface area is 207 Å². The van der Waals surface area contributed by atoms with Crippen molar-refractivity contribution in [2.45, 2.75) is 34.9 Å². The highest BCUT2D eigenvalue weighted by Crippen LogP contribution is 2.67. The van der Waals surface area contributed by atoms with Gasteiger partial charge in [0.15, 0.2) is 0 Å². The van der Waals surface area contributed by atoms with Crippen molar-refractivity contribution in [1.29, 1.82) is 0 Å². The third-order valence-corrected chi connectivity index (χ3v) is 9.54. The fraction of sp³-hybridized carbons (Fsp3) is 0.400. The molecule has 3 heterocycles. The number of hydrogen-bond donors (Lipinski definition) is 3. The summed E-state index contributed by atoms with van der Waals surface area (Å²) in [6.07, 6.45) is 1.43. The molecule has 0 aliphatic carbocycles. The molecule has 1 spiro atoms. The molecule has 0 saturated carbocycles. The summed E-state index contributed by atoms with van der Waals surface area (Å²) in [6, 6.07) is 14.5. The quantitative estimate of drug-likeness (QED) is 0.567. The van der Waals surface area contributed by atoms with E-state index in [-0.39, 0.29) is 29.6 Å². The zero-order valence-electron chi connectivity index (χ0n) is 18.6. The highest BCUT2D eigenvalue weighted by atomic mass is 35.5. The molecule has 2 unspecified atom stereocenters. The molecule has 6 atom stereocenters. The van der Waals surface area contributed by atoms with Gasteiger partial charge in [0.25, 0.3) is 0 Å². The van der Waals surface area contributed by atoms with E-state index in [9.17, 15) is 19.5 Å². The second kappa shape index (κ2) is 8.91. The third kappa shape index (κ3) is 3.51. The van der Waals surface area contributed by atoms with Gasteiger partial charge in [-0.2, -0.15) is 0 Å². The van der Waals surface area contributed by atoms with Gasteiger partial charge in [-0.1, -0.05) is 41.9 Å². The maximum Gasteiger partial charge on any atom is 0.248 e. The van der Waals surface area contributed by atoms with Gasteiger partial charge in [-0.15, -0.1) is 11.8 Å². The normalized spacial score (nSPS) is 30.2. The highest BCUT2D eigenvalue weighted by molar-refractivity contribution is 8.02. The van der Waals surface area contributed by atoms with Crippen molar-refractivity contribution in [2.75, 3.05) is 19.0 Å². The van der Waals surface area contributed by atoms with Gasteiger partial charge >= 0.3 is 0 Å². The number of carbonyl (C=O) groups excluding carboxylic acids is 3. The maximum absolute atomic E-state index is 14.0. The molecule has 2 aromatic carbocycles. The number of benzene rings is 2. The van der Waals surface area contributed by atoms with Gasteiger partial charge in [-0.3, -0.25) is 14.4 Å². The lowest BCUT2D eigenvalue weighted by Gasteiger charge is -2.37. The highest BCUT2D eigenvalue weighted by Gasteiger charge is 2.74. The monoisotopic (exact) mass is 499 g/mol. The van der Waals surface area contributed by atoms with E-state index >= 15 is 0 Å². The minimum Gasteiger partial charge on any atom is -0.394 e. The molecule has 34 heavy (non-hydrogen) atoms. The summed E-state index contributed by atoms with van der Waals surface area (Å²) in [7, 11) is 1.58. The predicted octanol–water partition coefficient (Wildman–Crippen LogP) is 2.85. The lowest BCUT2D eigenvalue weighted by atomic mass is 9.70. The molecule has 2 bridgehead atoms. The first-order valence-electron chi connectivity index (χ1n) is 11.3. The van der Waals surface area contributed by atoms with Crippen molar-refractivity contribution in [3.63, 3.8) is 0 Å². The van der Waals surface area contributed by atoms with E-state index in [1.165, 1.54) is 4.90 Å². The van der Waals surface area contributed by atoms with Crippen molar-refractivity contribution >= 4 is 46.8 Å². The van der Waals surface area contributed by atoms with Crippen LogP contribution in [0.25, 0.3) is 0 Å². The van der Waals surface area contributed by atoms with E-state index in [1.807, 2.05) is 30.3 Å². The minimum absolute atomic E-state index is 0.00816. The predicted molar refractivity (Wildman–Crippen MR) is 131 cm³/mol. The Hall–Kier alpha value is -2.55. The molecule has 3 aliphatic rings. The lowest BCUT2D eigenvalue weighted by Crippen LogP contribution is -2.52. The van der Waals surface area contributed by atoms with Gasteiger partial charge < -0.3 is 20.6 Å². The van der Waals surface area contributed by atoms with Crippen LogP contribution in [0.15, 0.2) is 54.6 Å². The zero-order chi connectivity index (χ0) is 24.0. The van der Waals surface area contributed by atoms with Crippen molar-refractivity contribution in [3.05, 3.63) is 65.2 Å². The molecule has 3 saturated heterocycles. The van der Waals surface area contributed by atoms with E-state index in [0.29, 0.717) is 17.1 Å². The van der Waals surface area contributed by atoms with Crippen LogP contribution in [-0.4, -0.2) is 57.4 Å². The van der Waals surface area contributed by atoms with E-state index in [2.05, 4.69) is 10.6 Å². The van der Waals surface area contributed by atoms with Crippen LogP contribution in [-0.2, 0) is 14.4 Å². The second-order valence-corrected chi connectivity index (χ2v) is 11.1. The van der Waals surface area contributed by atoms with Crippen LogP contribution < -0.4 is 10.6 Å². The van der Waals surface area contributed by atoms with Gasteiger partial charge in [-0.25, -0.2) is 0 Å². The molecule has 3 amide bonds. The molecule has 9 heteroatoms. The fourth-order valence-corrected chi connectivity index (χ4v) is 8.30. The Bertz CT molecular complexity index is 1110. The average Bonchev–Trinajstić information content (AvgIpc) is 3.49. The average molecular weight is 500 g/mol. The van der Waals surface area contributed by atoms with E-state index in [4.69, 9.17) is 11.6 Å². The first-order chi connectivity index (χ1) is 16.4. The largest absolute Gasteiger partial charge is 0.394 e. The molecule has 178 valence electrons. The van der Waals surface area contributed by atoms with Gasteiger partial charge in [0.2, 0.25) is 17.7 Å². The SMILES string of the molecule is CNC(=O)[C@@H]1[C@H]2C(=O)N([C@H](CO)c3ccccc3)C(C(=O)Nc3ccc(Cl)cc3)C23CC[C@H]1S3. The van der Waals surface area contributed by atoms with E-state index in [0.717, 1.165) is 12.0 Å². The number of anilines is 1. The van der Waals surface area contributed by atoms with Crippen LogP contribution in [0, 0.1) is 11.8 Å². The summed E-state index contributed by atoms with van der Waals surface area (Å²) in [4.78, 5) is 42.2.